The summed E-state index contributed by atoms with van der Waals surface area (Å²) in [6.07, 6.45) is 4.54. The molecule has 1 N–H and O–H groups in total. The molecule has 1 amide bonds. The van der Waals surface area contributed by atoms with Crippen LogP contribution in [0.5, 0.6) is 11.6 Å². The van der Waals surface area contributed by atoms with E-state index in [2.05, 4.69) is 26.2 Å². The van der Waals surface area contributed by atoms with Crippen molar-refractivity contribution < 1.29 is 14.3 Å². The van der Waals surface area contributed by atoms with E-state index in [-0.39, 0.29) is 23.1 Å². The van der Waals surface area contributed by atoms with Crippen molar-refractivity contribution in [2.75, 3.05) is 13.2 Å². The van der Waals surface area contributed by atoms with E-state index in [1.807, 2.05) is 19.1 Å². The maximum Gasteiger partial charge on any atom is 0.269 e. The van der Waals surface area contributed by atoms with Gasteiger partial charge >= 0.3 is 0 Å². The lowest BCUT2D eigenvalue weighted by Gasteiger charge is -2.12. The maximum absolute atomic E-state index is 13.3. The van der Waals surface area contributed by atoms with Crippen molar-refractivity contribution >= 4 is 33.6 Å². The molecular weight excluding hydrogens is 488 g/mol. The molecule has 1 saturated heterocycles. The van der Waals surface area contributed by atoms with Gasteiger partial charge in [-0.3, -0.25) is 14.0 Å². The summed E-state index contributed by atoms with van der Waals surface area (Å²) in [5.74, 6) is -0.119. The highest BCUT2D eigenvalue weighted by Crippen LogP contribution is 2.26. The molecule has 0 aliphatic carbocycles. The second kappa shape index (κ2) is 9.98. The minimum absolute atomic E-state index is 0.00448. The predicted octanol–water partition coefficient (Wildman–Crippen LogP) is 3.76. The lowest BCUT2D eigenvalue weighted by atomic mass is 10.1. The van der Waals surface area contributed by atoms with Gasteiger partial charge in [-0.05, 0) is 61.7 Å². The summed E-state index contributed by atoms with van der Waals surface area (Å²) in [7, 11) is 0. The van der Waals surface area contributed by atoms with Gasteiger partial charge in [0, 0.05) is 23.8 Å². The number of aryl methyl sites for hydroxylation is 1. The van der Waals surface area contributed by atoms with Gasteiger partial charge in [0.25, 0.3) is 11.5 Å². The molecule has 4 rings (SSSR count). The maximum atomic E-state index is 13.3. The fourth-order valence-corrected chi connectivity index (χ4v) is 3.77. The Bertz CT molecular complexity index is 1320. The zero-order valence-electron chi connectivity index (χ0n) is 17.9. The Morgan fingerprint density at radius 1 is 1.39 bits per heavy atom. The number of halogens is 1. The van der Waals surface area contributed by atoms with Gasteiger partial charge in [-0.2, -0.15) is 10.2 Å². The lowest BCUT2D eigenvalue weighted by Crippen LogP contribution is -2.32. The molecule has 0 spiro atoms. The van der Waals surface area contributed by atoms with Crippen LogP contribution >= 0.6 is 15.9 Å². The van der Waals surface area contributed by atoms with E-state index in [1.54, 1.807) is 36.5 Å². The van der Waals surface area contributed by atoms with E-state index in [1.165, 1.54) is 10.5 Å². The third-order valence-corrected chi connectivity index (χ3v) is 5.77. The molecule has 1 aliphatic heterocycles. The highest BCUT2D eigenvalue weighted by atomic mass is 79.9. The molecule has 1 atom stereocenters. The lowest BCUT2D eigenvalue weighted by molar-refractivity contribution is -0.117. The van der Waals surface area contributed by atoms with Gasteiger partial charge in [0.05, 0.1) is 6.10 Å². The number of benzene rings is 1. The summed E-state index contributed by atoms with van der Waals surface area (Å²) in [6.45, 7) is 2.80. The fraction of sp³-hybridized carbons (Fsp3) is 0.250. The number of carbonyl (C=O) groups is 1. The normalized spacial score (nSPS) is 15.9. The number of nitrogens with zero attached hydrogens (tertiary/aromatic N) is 3. The monoisotopic (exact) mass is 508 g/mol. The smallest absolute Gasteiger partial charge is 0.269 e. The Hall–Kier alpha value is -3.48. The number of hydrogen-bond acceptors (Lipinski definition) is 6. The van der Waals surface area contributed by atoms with E-state index < -0.39 is 11.5 Å². The first-order valence-electron chi connectivity index (χ1n) is 10.4. The summed E-state index contributed by atoms with van der Waals surface area (Å²) in [6, 6.07) is 12.5. The van der Waals surface area contributed by atoms with E-state index in [0.717, 1.165) is 22.9 Å². The van der Waals surface area contributed by atoms with E-state index in [9.17, 15) is 14.9 Å². The molecule has 0 unspecified atom stereocenters. The molecule has 33 heavy (non-hydrogen) atoms. The van der Waals surface area contributed by atoms with Crippen LogP contribution in [-0.4, -0.2) is 34.5 Å². The van der Waals surface area contributed by atoms with Gasteiger partial charge in [-0.25, -0.2) is 0 Å². The van der Waals surface area contributed by atoms with Crippen LogP contribution in [0.4, 0.5) is 0 Å². The largest absolute Gasteiger partial charge is 0.438 e. The number of rotatable bonds is 6. The number of ether oxygens (including phenoxy) is 2. The molecule has 3 heterocycles. The Kier molecular flexibility index (Phi) is 6.87. The topological polar surface area (TPSA) is 106 Å². The van der Waals surface area contributed by atoms with Gasteiger partial charge in [-0.15, -0.1) is 0 Å². The number of carbonyl (C=O) groups excluding carboxylic acids is 1. The minimum atomic E-state index is -0.587. The Morgan fingerprint density at radius 2 is 2.18 bits per heavy atom. The molecule has 3 aromatic rings. The quantitative estimate of drug-likeness (QED) is 0.401. The number of nitriles is 1. The van der Waals surface area contributed by atoms with Gasteiger partial charge < -0.3 is 14.8 Å². The van der Waals surface area contributed by atoms with Crippen LogP contribution in [0.1, 0.15) is 24.0 Å². The molecule has 1 aliphatic rings. The predicted molar refractivity (Wildman–Crippen MR) is 126 cm³/mol. The van der Waals surface area contributed by atoms with Crippen molar-refractivity contribution in [2.45, 2.75) is 25.9 Å². The van der Waals surface area contributed by atoms with Crippen LogP contribution in [0, 0.1) is 18.3 Å². The molecule has 8 nitrogen and oxygen atoms in total. The number of nitrogens with one attached hydrogen (secondary N) is 1. The van der Waals surface area contributed by atoms with Crippen molar-refractivity contribution in [2.24, 2.45) is 0 Å². The average molecular weight is 509 g/mol. The van der Waals surface area contributed by atoms with E-state index in [4.69, 9.17) is 9.47 Å². The van der Waals surface area contributed by atoms with Gasteiger partial charge in [-0.1, -0.05) is 22.0 Å². The standard InChI is InChI=1S/C24H21BrN4O4/c1-15-4-2-10-29-21(15)28-23(33-18-8-6-17(25)7-9-18)20(24(29)31)12-16(13-26)22(30)27-14-19-5-3-11-32-19/h2,4,6-10,12,19H,3,5,11,14H2,1H3,(H,27,30)/b16-12+/t19-/m0/s1. The van der Waals surface area contributed by atoms with Crippen LogP contribution < -0.4 is 15.6 Å². The zero-order valence-corrected chi connectivity index (χ0v) is 19.5. The highest BCUT2D eigenvalue weighted by molar-refractivity contribution is 9.10. The SMILES string of the molecule is Cc1cccn2c(=O)c(/C=C(\C#N)C(=O)NC[C@@H]3CCCO3)c(Oc3ccc(Br)cc3)nc12. The third-order valence-electron chi connectivity index (χ3n) is 5.25. The van der Waals surface area contributed by atoms with Crippen molar-refractivity contribution in [1.29, 1.82) is 5.26 Å². The Balaban J connectivity index is 1.75. The molecule has 168 valence electrons. The van der Waals surface area contributed by atoms with Gasteiger partial charge in [0.15, 0.2) is 0 Å². The summed E-state index contributed by atoms with van der Waals surface area (Å²) < 4.78 is 13.7. The van der Waals surface area contributed by atoms with Crippen molar-refractivity contribution in [3.8, 4) is 17.7 Å². The number of pyridine rings is 1. The van der Waals surface area contributed by atoms with E-state index >= 15 is 0 Å². The number of hydrogen-bond donors (Lipinski definition) is 1. The first-order chi connectivity index (χ1) is 16.0. The van der Waals surface area contributed by atoms with E-state index in [0.29, 0.717) is 24.5 Å². The molecule has 0 radical (unpaired) electrons. The molecule has 0 bridgehead atoms. The average Bonchev–Trinajstić information content (AvgIpc) is 3.33. The first-order valence-corrected chi connectivity index (χ1v) is 11.2. The van der Waals surface area contributed by atoms with Crippen LogP contribution in [0.15, 0.2) is 57.4 Å². The third kappa shape index (κ3) is 5.13. The van der Waals surface area contributed by atoms with Crippen molar-refractivity contribution in [3.05, 3.63) is 74.1 Å². The fourth-order valence-electron chi connectivity index (χ4n) is 3.51. The molecule has 2 aromatic heterocycles. The Labute approximate surface area is 198 Å². The molecule has 1 aromatic carbocycles. The zero-order chi connectivity index (χ0) is 23.4. The van der Waals surface area contributed by atoms with Crippen molar-refractivity contribution in [3.63, 3.8) is 0 Å². The molecule has 9 heteroatoms. The van der Waals surface area contributed by atoms with Crippen LogP contribution in [0.2, 0.25) is 0 Å². The Morgan fingerprint density at radius 3 is 2.88 bits per heavy atom. The molecule has 0 saturated carbocycles. The second-order valence-electron chi connectivity index (χ2n) is 7.59. The van der Waals surface area contributed by atoms with Crippen molar-refractivity contribution in [1.82, 2.24) is 14.7 Å². The molecular formula is C24H21BrN4O4. The van der Waals surface area contributed by atoms with Crippen LogP contribution in [0.3, 0.4) is 0 Å². The first kappa shape index (κ1) is 22.7. The number of fused-ring (bicyclic) bond motifs is 1. The van der Waals surface area contributed by atoms with Crippen LogP contribution in [-0.2, 0) is 9.53 Å². The molecule has 1 fully saturated rings. The highest BCUT2D eigenvalue weighted by Gasteiger charge is 2.20. The second-order valence-corrected chi connectivity index (χ2v) is 8.51. The summed E-state index contributed by atoms with van der Waals surface area (Å²) >= 11 is 3.37. The van der Waals surface area contributed by atoms with Gasteiger partial charge in [0.2, 0.25) is 5.88 Å². The number of amides is 1. The minimum Gasteiger partial charge on any atom is -0.438 e. The summed E-state index contributed by atoms with van der Waals surface area (Å²) in [4.78, 5) is 30.5. The number of aromatic nitrogens is 2. The summed E-state index contributed by atoms with van der Waals surface area (Å²) in [5, 5.41) is 12.3. The van der Waals surface area contributed by atoms with Crippen LogP contribution in [0.25, 0.3) is 11.7 Å². The summed E-state index contributed by atoms with van der Waals surface area (Å²) in [5.41, 5.74) is 0.536. The van der Waals surface area contributed by atoms with Gasteiger partial charge in [0.1, 0.15) is 28.6 Å².